The van der Waals surface area contributed by atoms with E-state index in [0.717, 1.165) is 43.8 Å². The van der Waals surface area contributed by atoms with Gasteiger partial charge in [0.2, 0.25) is 11.8 Å². The fraction of sp³-hybridized carbons (Fsp3) is 0.600. The molecule has 1 heterocycles. The zero-order valence-electron chi connectivity index (χ0n) is 15.9. The first-order chi connectivity index (χ1) is 12.6. The van der Waals surface area contributed by atoms with Crippen molar-refractivity contribution in [1.29, 1.82) is 0 Å². The van der Waals surface area contributed by atoms with Crippen LogP contribution in [0.2, 0.25) is 0 Å². The molecule has 6 heteroatoms. The van der Waals surface area contributed by atoms with Gasteiger partial charge in [0.05, 0.1) is 6.42 Å². The van der Waals surface area contributed by atoms with Crippen LogP contribution in [0, 0.1) is 5.92 Å². The number of carbonyl (C=O) groups excluding carboxylic acids is 2. The molecule has 0 aliphatic carbocycles. The van der Waals surface area contributed by atoms with Gasteiger partial charge in [-0.3, -0.25) is 9.59 Å². The fourth-order valence-electron chi connectivity index (χ4n) is 3.46. The van der Waals surface area contributed by atoms with E-state index in [4.69, 9.17) is 0 Å². The van der Waals surface area contributed by atoms with Crippen molar-refractivity contribution in [2.24, 2.45) is 5.92 Å². The lowest BCUT2D eigenvalue weighted by Crippen LogP contribution is -2.52. The minimum atomic E-state index is -0.424. The van der Waals surface area contributed by atoms with Gasteiger partial charge in [-0.25, -0.2) is 0 Å². The van der Waals surface area contributed by atoms with E-state index in [0.29, 0.717) is 18.8 Å². The molecule has 1 aliphatic rings. The second-order valence-electron chi connectivity index (χ2n) is 6.91. The number of rotatable bonds is 9. The number of amides is 2. The number of hydrogen-bond acceptors (Lipinski definition) is 4. The smallest absolute Gasteiger partial charge is 0.245 e. The maximum absolute atomic E-state index is 13.0. The predicted molar refractivity (Wildman–Crippen MR) is 108 cm³/mol. The maximum atomic E-state index is 13.0. The van der Waals surface area contributed by atoms with Crippen LogP contribution >= 0.6 is 11.8 Å². The molecule has 26 heavy (non-hydrogen) atoms. The molecule has 5 nitrogen and oxygen atoms in total. The number of nitrogens with zero attached hydrogens (tertiary/aromatic N) is 1. The second kappa shape index (κ2) is 11.2. The Morgan fingerprint density at radius 1 is 1.31 bits per heavy atom. The van der Waals surface area contributed by atoms with Crippen LogP contribution in [0.3, 0.4) is 0 Å². The third kappa shape index (κ3) is 6.65. The highest BCUT2D eigenvalue weighted by Gasteiger charge is 2.29. The molecule has 2 amide bonds. The van der Waals surface area contributed by atoms with E-state index < -0.39 is 6.04 Å². The van der Waals surface area contributed by atoms with Gasteiger partial charge in [0, 0.05) is 13.1 Å². The molecular weight excluding hydrogens is 346 g/mol. The average molecular weight is 378 g/mol. The van der Waals surface area contributed by atoms with E-state index in [-0.39, 0.29) is 11.8 Å². The fourth-order valence-corrected chi connectivity index (χ4v) is 3.93. The molecular formula is C20H31N3O2S. The monoisotopic (exact) mass is 377 g/mol. The highest BCUT2D eigenvalue weighted by Crippen LogP contribution is 2.17. The van der Waals surface area contributed by atoms with Crippen molar-refractivity contribution in [2.75, 3.05) is 38.7 Å². The summed E-state index contributed by atoms with van der Waals surface area (Å²) >= 11 is 1.70. The summed E-state index contributed by atoms with van der Waals surface area (Å²) in [5.41, 5.74) is 0.966. The molecule has 0 bridgehead atoms. The topological polar surface area (TPSA) is 61.4 Å². The van der Waals surface area contributed by atoms with E-state index in [2.05, 4.69) is 10.6 Å². The van der Waals surface area contributed by atoms with Crippen molar-refractivity contribution in [2.45, 2.75) is 31.7 Å². The highest BCUT2D eigenvalue weighted by molar-refractivity contribution is 7.98. The zero-order valence-corrected chi connectivity index (χ0v) is 16.7. The van der Waals surface area contributed by atoms with E-state index in [1.807, 2.05) is 48.5 Å². The molecule has 1 fully saturated rings. The molecule has 1 saturated heterocycles. The van der Waals surface area contributed by atoms with Crippen LogP contribution in [0.4, 0.5) is 0 Å². The normalized spacial score (nSPS) is 18.4. The van der Waals surface area contributed by atoms with Gasteiger partial charge in [0.1, 0.15) is 6.04 Å². The molecule has 0 radical (unpaired) electrons. The molecule has 2 rings (SSSR count). The van der Waals surface area contributed by atoms with Gasteiger partial charge in [-0.1, -0.05) is 30.3 Å². The Hall–Kier alpha value is -1.53. The van der Waals surface area contributed by atoms with Gasteiger partial charge < -0.3 is 15.5 Å². The lowest BCUT2D eigenvalue weighted by atomic mass is 9.97. The second-order valence-corrected chi connectivity index (χ2v) is 7.90. The molecule has 144 valence electrons. The van der Waals surface area contributed by atoms with Crippen LogP contribution in [-0.2, 0) is 16.0 Å². The highest BCUT2D eigenvalue weighted by atomic mass is 32.2. The Bertz CT molecular complexity index is 565. The molecule has 2 N–H and O–H groups in total. The lowest BCUT2D eigenvalue weighted by Gasteiger charge is -2.35. The van der Waals surface area contributed by atoms with Crippen LogP contribution in [0.5, 0.6) is 0 Å². The maximum Gasteiger partial charge on any atom is 0.245 e. The molecule has 1 aromatic rings. The van der Waals surface area contributed by atoms with Crippen molar-refractivity contribution in [1.82, 2.24) is 15.5 Å². The molecule has 2 atom stereocenters. The molecule has 0 spiro atoms. The third-order valence-electron chi connectivity index (χ3n) is 4.77. The SMILES string of the molecule is CNCC1CCCN(C(=O)C(CCSC)NC(=O)Cc2ccccc2)C1. The number of nitrogens with one attached hydrogen (secondary N) is 2. The summed E-state index contributed by atoms with van der Waals surface area (Å²) < 4.78 is 0. The largest absolute Gasteiger partial charge is 0.344 e. The number of hydrogen-bond donors (Lipinski definition) is 2. The summed E-state index contributed by atoms with van der Waals surface area (Å²) in [5, 5.41) is 6.19. The van der Waals surface area contributed by atoms with Crippen LogP contribution in [0.15, 0.2) is 30.3 Å². The average Bonchev–Trinajstić information content (AvgIpc) is 2.66. The van der Waals surface area contributed by atoms with Gasteiger partial charge in [-0.15, -0.1) is 0 Å². The summed E-state index contributed by atoms with van der Waals surface area (Å²) in [7, 11) is 1.95. The minimum absolute atomic E-state index is 0.0706. The first-order valence-corrected chi connectivity index (χ1v) is 10.8. The Kier molecular flexibility index (Phi) is 8.98. The van der Waals surface area contributed by atoms with Gasteiger partial charge >= 0.3 is 0 Å². The van der Waals surface area contributed by atoms with Crippen molar-refractivity contribution in [3.05, 3.63) is 35.9 Å². The van der Waals surface area contributed by atoms with E-state index in [1.54, 1.807) is 11.8 Å². The van der Waals surface area contributed by atoms with E-state index in [9.17, 15) is 9.59 Å². The minimum Gasteiger partial charge on any atom is -0.344 e. The van der Waals surface area contributed by atoms with Gasteiger partial charge in [-0.05, 0) is 56.3 Å². The number of benzene rings is 1. The molecule has 1 aliphatic heterocycles. The third-order valence-corrected chi connectivity index (χ3v) is 5.42. The first-order valence-electron chi connectivity index (χ1n) is 9.39. The van der Waals surface area contributed by atoms with Crippen molar-refractivity contribution in [3.63, 3.8) is 0 Å². The summed E-state index contributed by atoms with van der Waals surface area (Å²) in [5.74, 6) is 1.34. The predicted octanol–water partition coefficient (Wildman–Crippen LogP) is 1.93. The van der Waals surface area contributed by atoms with Crippen molar-refractivity contribution < 1.29 is 9.59 Å². The molecule has 0 aromatic heterocycles. The van der Waals surface area contributed by atoms with Gasteiger partial charge in [0.25, 0.3) is 0 Å². The summed E-state index contributed by atoms with van der Waals surface area (Å²) in [6.45, 7) is 2.51. The van der Waals surface area contributed by atoms with Gasteiger partial charge in [0.15, 0.2) is 0 Å². The summed E-state index contributed by atoms with van der Waals surface area (Å²) in [6, 6.07) is 9.23. The Morgan fingerprint density at radius 2 is 2.08 bits per heavy atom. The number of piperidine rings is 1. The Labute approximate surface area is 161 Å². The Morgan fingerprint density at radius 3 is 2.77 bits per heavy atom. The lowest BCUT2D eigenvalue weighted by molar-refractivity contribution is -0.138. The van der Waals surface area contributed by atoms with Crippen molar-refractivity contribution >= 4 is 23.6 Å². The van der Waals surface area contributed by atoms with Gasteiger partial charge in [-0.2, -0.15) is 11.8 Å². The number of likely N-dealkylation sites (tertiary alicyclic amines) is 1. The molecule has 0 saturated carbocycles. The Balaban J connectivity index is 1.96. The number of thioether (sulfide) groups is 1. The standard InChI is InChI=1S/C20H31N3O2S/c1-21-14-17-9-6-11-23(15-17)20(25)18(10-12-26-2)22-19(24)13-16-7-4-3-5-8-16/h3-5,7-8,17-18,21H,6,9-15H2,1-2H3,(H,22,24). The van der Waals surface area contributed by atoms with Crippen LogP contribution in [0.25, 0.3) is 0 Å². The molecule has 1 aromatic carbocycles. The summed E-state index contributed by atoms with van der Waals surface area (Å²) in [4.78, 5) is 27.4. The van der Waals surface area contributed by atoms with Crippen LogP contribution < -0.4 is 10.6 Å². The van der Waals surface area contributed by atoms with E-state index >= 15 is 0 Å². The zero-order chi connectivity index (χ0) is 18.8. The molecule has 2 unspecified atom stereocenters. The van der Waals surface area contributed by atoms with Crippen molar-refractivity contribution in [3.8, 4) is 0 Å². The summed E-state index contributed by atoms with van der Waals surface area (Å²) in [6.07, 6.45) is 5.20. The van der Waals surface area contributed by atoms with Crippen LogP contribution in [0.1, 0.15) is 24.8 Å². The van der Waals surface area contributed by atoms with E-state index in [1.165, 1.54) is 0 Å². The quantitative estimate of drug-likeness (QED) is 0.690. The number of carbonyl (C=O) groups is 2. The first kappa shape index (κ1) is 20.8. The van der Waals surface area contributed by atoms with Crippen LogP contribution in [-0.4, -0.2) is 61.4 Å².